The number of piperidine rings is 1. The summed E-state index contributed by atoms with van der Waals surface area (Å²) in [5.74, 6) is 1.24. The third-order valence-electron chi connectivity index (χ3n) is 7.55. The highest BCUT2D eigenvalue weighted by molar-refractivity contribution is 6.33. The predicted octanol–water partition coefficient (Wildman–Crippen LogP) is 6.28. The van der Waals surface area contributed by atoms with E-state index in [1.165, 1.54) is 0 Å². The second-order valence-electron chi connectivity index (χ2n) is 10.4. The molecule has 2 saturated heterocycles. The number of carbonyl (C=O) groups is 1. The van der Waals surface area contributed by atoms with E-state index in [1.807, 2.05) is 66.7 Å². The first-order chi connectivity index (χ1) is 19.0. The van der Waals surface area contributed by atoms with Gasteiger partial charge in [-0.05, 0) is 74.7 Å². The lowest BCUT2D eigenvalue weighted by Crippen LogP contribution is -2.36. The van der Waals surface area contributed by atoms with E-state index in [-0.39, 0.29) is 12.0 Å². The van der Waals surface area contributed by atoms with Crippen molar-refractivity contribution in [3.8, 4) is 17.0 Å². The number of nitrogens with zero attached hydrogens (tertiary/aromatic N) is 4. The monoisotopic (exact) mass is 541 g/mol. The molecule has 0 radical (unpaired) electrons. The Hall–Kier alpha value is -3.68. The number of fused-ring (bicyclic) bond motifs is 1. The Morgan fingerprint density at radius 3 is 2.41 bits per heavy atom. The summed E-state index contributed by atoms with van der Waals surface area (Å²) >= 11 is 6.33. The van der Waals surface area contributed by atoms with Gasteiger partial charge in [-0.25, -0.2) is 9.97 Å². The van der Waals surface area contributed by atoms with Gasteiger partial charge in [0.2, 0.25) is 0 Å². The van der Waals surface area contributed by atoms with Crippen molar-refractivity contribution >= 4 is 40.0 Å². The van der Waals surface area contributed by atoms with Crippen molar-refractivity contribution in [1.82, 2.24) is 14.9 Å². The normalized spacial score (nSPS) is 16.5. The third kappa shape index (κ3) is 5.70. The third-order valence-corrected chi connectivity index (χ3v) is 7.88. The zero-order chi connectivity index (χ0) is 26.8. The van der Waals surface area contributed by atoms with Gasteiger partial charge in [0.1, 0.15) is 6.10 Å². The Labute approximate surface area is 233 Å². The Morgan fingerprint density at radius 1 is 0.923 bits per heavy atom. The number of aromatic nitrogens is 2. The molecule has 200 valence electrons. The summed E-state index contributed by atoms with van der Waals surface area (Å²) in [4.78, 5) is 27.5. The molecule has 1 aromatic heterocycles. The zero-order valence-corrected chi connectivity index (χ0v) is 22.8. The second kappa shape index (κ2) is 11.2. The zero-order valence-electron chi connectivity index (χ0n) is 22.1. The maximum Gasteiger partial charge on any atom is 0.258 e. The van der Waals surface area contributed by atoms with Gasteiger partial charge in [-0.3, -0.25) is 4.79 Å². The SMILES string of the molecule is CN1CCC(Oc2nc3ccc(NC(=O)c4ccc(-c5ccccc5Cl)cc4)cc3nc2N2CCCC2)CC1. The van der Waals surface area contributed by atoms with Gasteiger partial charge in [0.15, 0.2) is 5.82 Å². The Bertz CT molecular complexity index is 1480. The van der Waals surface area contributed by atoms with Crippen LogP contribution < -0.4 is 15.0 Å². The first-order valence-corrected chi connectivity index (χ1v) is 14.0. The van der Waals surface area contributed by atoms with Crippen LogP contribution in [0.4, 0.5) is 11.5 Å². The molecular formula is C31H32ClN5O2. The largest absolute Gasteiger partial charge is 0.472 e. The van der Waals surface area contributed by atoms with Gasteiger partial charge in [-0.1, -0.05) is 41.9 Å². The number of rotatable bonds is 6. The molecule has 1 amide bonds. The van der Waals surface area contributed by atoms with Gasteiger partial charge in [0.25, 0.3) is 11.8 Å². The topological polar surface area (TPSA) is 70.6 Å². The predicted molar refractivity (Wildman–Crippen MR) is 157 cm³/mol. The first kappa shape index (κ1) is 25.6. The maximum absolute atomic E-state index is 13.0. The highest BCUT2D eigenvalue weighted by atomic mass is 35.5. The number of ether oxygens (including phenoxy) is 1. The molecule has 1 N–H and O–H groups in total. The van der Waals surface area contributed by atoms with E-state index in [0.29, 0.717) is 22.2 Å². The summed E-state index contributed by atoms with van der Waals surface area (Å²) in [6, 6.07) is 20.8. The first-order valence-electron chi connectivity index (χ1n) is 13.6. The minimum Gasteiger partial charge on any atom is -0.472 e. The molecule has 6 rings (SSSR count). The van der Waals surface area contributed by atoms with Crippen LogP contribution in [-0.4, -0.2) is 60.1 Å². The average Bonchev–Trinajstić information content (AvgIpc) is 3.49. The highest BCUT2D eigenvalue weighted by Gasteiger charge is 2.25. The molecule has 0 atom stereocenters. The molecule has 0 saturated carbocycles. The number of nitrogens with one attached hydrogen (secondary N) is 1. The number of likely N-dealkylation sites (tertiary alicyclic amines) is 1. The molecule has 0 bridgehead atoms. The van der Waals surface area contributed by atoms with Crippen molar-refractivity contribution < 1.29 is 9.53 Å². The lowest BCUT2D eigenvalue weighted by Gasteiger charge is -2.30. The van der Waals surface area contributed by atoms with Crippen molar-refractivity contribution in [3.05, 3.63) is 77.3 Å². The number of hydrogen-bond donors (Lipinski definition) is 1. The average molecular weight is 542 g/mol. The van der Waals surface area contributed by atoms with Crippen LogP contribution in [0.15, 0.2) is 66.7 Å². The van der Waals surface area contributed by atoms with Crippen LogP contribution in [-0.2, 0) is 0 Å². The number of carbonyl (C=O) groups excluding carboxylic acids is 1. The van der Waals surface area contributed by atoms with Crippen LogP contribution in [0.3, 0.4) is 0 Å². The van der Waals surface area contributed by atoms with Crippen LogP contribution in [0, 0.1) is 0 Å². The van der Waals surface area contributed by atoms with Crippen molar-refractivity contribution in [1.29, 1.82) is 0 Å². The minimum absolute atomic E-state index is 0.150. The fraction of sp³-hybridized carbons (Fsp3) is 0.323. The summed E-state index contributed by atoms with van der Waals surface area (Å²) in [6.45, 7) is 3.95. The summed E-state index contributed by atoms with van der Waals surface area (Å²) in [5, 5.41) is 3.69. The van der Waals surface area contributed by atoms with E-state index in [1.54, 1.807) is 0 Å². The molecule has 0 spiro atoms. The summed E-state index contributed by atoms with van der Waals surface area (Å²) in [7, 11) is 2.15. The fourth-order valence-corrected chi connectivity index (χ4v) is 5.53. The Balaban J connectivity index is 1.22. The number of anilines is 2. The van der Waals surface area contributed by atoms with Gasteiger partial charge in [0, 0.05) is 48.0 Å². The Kier molecular flexibility index (Phi) is 7.35. The summed E-state index contributed by atoms with van der Waals surface area (Å²) < 4.78 is 6.44. The van der Waals surface area contributed by atoms with Crippen LogP contribution in [0.1, 0.15) is 36.0 Å². The standard InChI is InChI=1S/C31H32ClN5O2/c1-36-18-14-24(15-19-36)39-31-29(37-16-4-5-17-37)34-28-20-23(12-13-27(28)35-31)33-30(38)22-10-8-21(9-11-22)25-6-2-3-7-26(25)32/h2-3,6-13,20,24H,4-5,14-19H2,1H3,(H,33,38). The summed E-state index contributed by atoms with van der Waals surface area (Å²) in [5.41, 5.74) is 4.63. The number of halogens is 1. The van der Waals surface area contributed by atoms with E-state index in [9.17, 15) is 4.79 Å². The van der Waals surface area contributed by atoms with Crippen LogP contribution >= 0.6 is 11.6 Å². The van der Waals surface area contributed by atoms with Crippen LogP contribution in [0.5, 0.6) is 5.88 Å². The molecule has 39 heavy (non-hydrogen) atoms. The highest BCUT2D eigenvalue weighted by Crippen LogP contribution is 2.33. The van der Waals surface area contributed by atoms with E-state index in [0.717, 1.165) is 79.8 Å². The maximum atomic E-state index is 13.0. The van der Waals surface area contributed by atoms with Crippen molar-refractivity contribution in [2.75, 3.05) is 43.4 Å². The van der Waals surface area contributed by atoms with Crippen LogP contribution in [0.25, 0.3) is 22.2 Å². The molecular weight excluding hydrogens is 510 g/mol. The van der Waals surface area contributed by atoms with E-state index >= 15 is 0 Å². The lowest BCUT2D eigenvalue weighted by molar-refractivity contribution is 0.102. The van der Waals surface area contributed by atoms with Crippen molar-refractivity contribution in [2.45, 2.75) is 31.8 Å². The van der Waals surface area contributed by atoms with Gasteiger partial charge in [-0.15, -0.1) is 0 Å². The minimum atomic E-state index is -0.185. The molecule has 0 aliphatic carbocycles. The molecule has 3 heterocycles. The fourth-order valence-electron chi connectivity index (χ4n) is 5.28. The van der Waals surface area contributed by atoms with Gasteiger partial charge < -0.3 is 19.9 Å². The molecule has 7 nitrogen and oxygen atoms in total. The lowest BCUT2D eigenvalue weighted by atomic mass is 10.0. The van der Waals surface area contributed by atoms with E-state index in [2.05, 4.69) is 22.2 Å². The Morgan fingerprint density at radius 2 is 1.67 bits per heavy atom. The molecule has 3 aromatic carbocycles. The molecule has 4 aromatic rings. The van der Waals surface area contributed by atoms with Gasteiger partial charge >= 0.3 is 0 Å². The summed E-state index contributed by atoms with van der Waals surface area (Å²) in [6.07, 6.45) is 4.40. The second-order valence-corrected chi connectivity index (χ2v) is 10.8. The van der Waals surface area contributed by atoms with E-state index < -0.39 is 0 Å². The molecule has 2 aliphatic heterocycles. The molecule has 0 unspecified atom stereocenters. The quantitative estimate of drug-likeness (QED) is 0.310. The molecule has 2 fully saturated rings. The number of amides is 1. The van der Waals surface area contributed by atoms with Crippen LogP contribution in [0.2, 0.25) is 5.02 Å². The molecule has 8 heteroatoms. The van der Waals surface area contributed by atoms with E-state index in [4.69, 9.17) is 26.3 Å². The van der Waals surface area contributed by atoms with Gasteiger partial charge in [0.05, 0.1) is 11.0 Å². The number of hydrogen-bond acceptors (Lipinski definition) is 6. The van der Waals surface area contributed by atoms with Crippen molar-refractivity contribution in [2.24, 2.45) is 0 Å². The van der Waals surface area contributed by atoms with Crippen molar-refractivity contribution in [3.63, 3.8) is 0 Å². The number of benzene rings is 3. The van der Waals surface area contributed by atoms with Gasteiger partial charge in [-0.2, -0.15) is 0 Å². The molecule has 2 aliphatic rings. The smallest absolute Gasteiger partial charge is 0.258 e.